The van der Waals surface area contributed by atoms with E-state index in [1.807, 2.05) is 49.1 Å². The summed E-state index contributed by atoms with van der Waals surface area (Å²) in [7, 11) is 1.68. The van der Waals surface area contributed by atoms with Gasteiger partial charge in [0.25, 0.3) is 0 Å². The molecule has 1 atom stereocenters. The Morgan fingerprint density at radius 2 is 1.85 bits per heavy atom. The first kappa shape index (κ1) is 21.8. The number of anilines is 1. The molecule has 0 fully saturated rings. The molecule has 0 saturated heterocycles. The van der Waals surface area contributed by atoms with Crippen LogP contribution in [-0.4, -0.2) is 20.0 Å². The number of hydrogen-bond donors (Lipinski definition) is 1. The highest BCUT2D eigenvalue weighted by Gasteiger charge is 2.32. The summed E-state index contributed by atoms with van der Waals surface area (Å²) in [6, 6.07) is 13.3. The van der Waals surface area contributed by atoms with Gasteiger partial charge in [-0.1, -0.05) is 45.2 Å². The molecule has 2 aromatic rings. The second-order valence-electron chi connectivity index (χ2n) is 5.75. The fourth-order valence-corrected chi connectivity index (χ4v) is 3.42. The average molecular weight is 472 g/mol. The van der Waals surface area contributed by atoms with Crippen LogP contribution in [0.3, 0.4) is 0 Å². The molecule has 1 aliphatic heterocycles. The van der Waals surface area contributed by atoms with E-state index in [-0.39, 0.29) is 6.17 Å². The Morgan fingerprint density at radius 3 is 2.37 bits per heavy atom. The molecule has 0 spiro atoms. The van der Waals surface area contributed by atoms with Crippen molar-refractivity contribution in [3.63, 3.8) is 0 Å². The van der Waals surface area contributed by atoms with E-state index < -0.39 is 0 Å². The maximum absolute atomic E-state index is 11.4. The Labute approximate surface area is 178 Å². The van der Waals surface area contributed by atoms with Crippen LogP contribution in [0.25, 0.3) is 0 Å². The molecule has 0 aromatic heterocycles. The van der Waals surface area contributed by atoms with Crippen molar-refractivity contribution in [2.24, 2.45) is 0 Å². The fourth-order valence-electron chi connectivity index (χ4n) is 2.64. The van der Waals surface area contributed by atoms with Gasteiger partial charge >= 0.3 is 0 Å². The normalized spacial score (nSPS) is 15.9. The minimum atomic E-state index is -0.263. The SMILES string of the molecule is CC1=C(C=O)NC(c2ccc(Cl)cc2Cl)N1c1ccc(Br)cc1.CCOC. The monoisotopic (exact) mass is 470 g/mol. The molecule has 0 radical (unpaired) electrons. The number of benzene rings is 2. The zero-order chi connectivity index (χ0) is 20.0. The van der Waals surface area contributed by atoms with Crippen molar-refractivity contribution in [1.82, 2.24) is 5.32 Å². The first-order valence-corrected chi connectivity index (χ1v) is 9.89. The number of nitrogens with one attached hydrogen (secondary N) is 1. The predicted molar refractivity (Wildman–Crippen MR) is 115 cm³/mol. The summed E-state index contributed by atoms with van der Waals surface area (Å²) in [5, 5.41) is 4.36. The molecule has 1 N–H and O–H groups in total. The van der Waals surface area contributed by atoms with Gasteiger partial charge < -0.3 is 15.0 Å². The minimum absolute atomic E-state index is 0.263. The number of rotatable bonds is 4. The fraction of sp³-hybridized carbons (Fsp3) is 0.250. The first-order chi connectivity index (χ1) is 12.9. The topological polar surface area (TPSA) is 41.6 Å². The van der Waals surface area contributed by atoms with E-state index in [2.05, 4.69) is 26.0 Å². The number of carbonyl (C=O) groups excluding carboxylic acids is 1. The van der Waals surface area contributed by atoms with Gasteiger partial charge in [-0.25, -0.2) is 0 Å². The zero-order valence-corrected chi connectivity index (χ0v) is 18.4. The minimum Gasteiger partial charge on any atom is -0.385 e. The third-order valence-electron chi connectivity index (χ3n) is 4.07. The molecule has 3 rings (SSSR count). The maximum Gasteiger partial charge on any atom is 0.167 e. The van der Waals surface area contributed by atoms with Crippen LogP contribution in [0.2, 0.25) is 10.0 Å². The molecule has 7 heteroatoms. The maximum atomic E-state index is 11.4. The molecule has 27 heavy (non-hydrogen) atoms. The number of aldehydes is 1. The van der Waals surface area contributed by atoms with E-state index >= 15 is 0 Å². The molecule has 144 valence electrons. The quantitative estimate of drug-likeness (QED) is 0.559. The van der Waals surface area contributed by atoms with Crippen molar-refractivity contribution >= 4 is 51.1 Å². The van der Waals surface area contributed by atoms with E-state index in [1.165, 1.54) is 0 Å². The second kappa shape index (κ2) is 10.1. The number of carbonyl (C=O) groups is 1. The van der Waals surface area contributed by atoms with E-state index in [4.69, 9.17) is 23.2 Å². The number of halogens is 3. The van der Waals surface area contributed by atoms with Crippen LogP contribution in [0.1, 0.15) is 25.6 Å². The van der Waals surface area contributed by atoms with Crippen molar-refractivity contribution in [3.05, 3.63) is 73.9 Å². The first-order valence-electron chi connectivity index (χ1n) is 8.34. The van der Waals surface area contributed by atoms with Crippen molar-refractivity contribution in [3.8, 4) is 0 Å². The lowest BCUT2D eigenvalue weighted by molar-refractivity contribution is -0.105. The second-order valence-corrected chi connectivity index (χ2v) is 7.51. The number of allylic oxidation sites excluding steroid dienone is 2. The van der Waals surface area contributed by atoms with Crippen LogP contribution in [0.4, 0.5) is 5.69 Å². The summed E-state index contributed by atoms with van der Waals surface area (Å²) in [5.41, 5.74) is 3.21. The van der Waals surface area contributed by atoms with Crippen LogP contribution in [-0.2, 0) is 9.53 Å². The van der Waals surface area contributed by atoms with Gasteiger partial charge in [-0.3, -0.25) is 4.79 Å². The molecule has 0 amide bonds. The summed E-state index contributed by atoms with van der Waals surface area (Å²) >= 11 is 15.8. The Kier molecular flexibility index (Phi) is 8.17. The molecule has 1 heterocycles. The Bertz CT molecular complexity index is 823. The predicted octanol–water partition coefficient (Wildman–Crippen LogP) is 5.95. The van der Waals surface area contributed by atoms with Gasteiger partial charge in [0.15, 0.2) is 6.29 Å². The Balaban J connectivity index is 0.000000596. The Morgan fingerprint density at radius 1 is 1.22 bits per heavy atom. The van der Waals surface area contributed by atoms with Crippen molar-refractivity contribution in [2.45, 2.75) is 20.0 Å². The molecule has 0 saturated carbocycles. The molecule has 0 aliphatic carbocycles. The van der Waals surface area contributed by atoms with E-state index in [9.17, 15) is 4.79 Å². The molecule has 2 aromatic carbocycles. The average Bonchev–Trinajstić information content (AvgIpc) is 2.99. The van der Waals surface area contributed by atoms with Crippen LogP contribution in [0.15, 0.2) is 58.3 Å². The smallest absolute Gasteiger partial charge is 0.167 e. The molecule has 4 nitrogen and oxygen atoms in total. The van der Waals surface area contributed by atoms with Crippen LogP contribution >= 0.6 is 39.1 Å². The van der Waals surface area contributed by atoms with E-state index in [0.717, 1.165) is 34.3 Å². The van der Waals surface area contributed by atoms with E-state index in [0.29, 0.717) is 15.7 Å². The van der Waals surface area contributed by atoms with Crippen LogP contribution < -0.4 is 10.2 Å². The highest BCUT2D eigenvalue weighted by molar-refractivity contribution is 9.10. The highest BCUT2D eigenvalue weighted by Crippen LogP contribution is 2.38. The number of ether oxygens (including phenoxy) is 1. The van der Waals surface area contributed by atoms with Crippen LogP contribution in [0.5, 0.6) is 0 Å². The van der Waals surface area contributed by atoms with Crippen LogP contribution in [0, 0.1) is 0 Å². The third-order valence-corrected chi connectivity index (χ3v) is 5.16. The summed E-state index contributed by atoms with van der Waals surface area (Å²) < 4.78 is 5.53. The number of nitrogens with zero attached hydrogens (tertiary/aromatic N) is 1. The lowest BCUT2D eigenvalue weighted by atomic mass is 10.1. The van der Waals surface area contributed by atoms with Gasteiger partial charge in [-0.2, -0.15) is 0 Å². The molecule has 1 aliphatic rings. The Hall–Kier alpha value is -1.53. The van der Waals surface area contributed by atoms with Gasteiger partial charge in [0, 0.05) is 45.2 Å². The molecule has 0 bridgehead atoms. The zero-order valence-electron chi connectivity index (χ0n) is 15.3. The standard InChI is InChI=1S/C17H13BrCl2N2O.C3H8O/c1-10-16(9-23)21-17(14-7-4-12(19)8-15(14)20)22(10)13-5-2-11(18)3-6-13;1-3-4-2/h2-9,17,21H,1H3;3H2,1-2H3. The summed E-state index contributed by atoms with van der Waals surface area (Å²) in [4.78, 5) is 13.4. The third kappa shape index (κ3) is 5.26. The lowest BCUT2D eigenvalue weighted by Crippen LogP contribution is -2.29. The van der Waals surface area contributed by atoms with Gasteiger partial charge in [0.1, 0.15) is 6.17 Å². The van der Waals surface area contributed by atoms with Crippen molar-refractivity contribution in [1.29, 1.82) is 0 Å². The summed E-state index contributed by atoms with van der Waals surface area (Å²) in [5.74, 6) is 0. The van der Waals surface area contributed by atoms with E-state index in [1.54, 1.807) is 19.2 Å². The highest BCUT2D eigenvalue weighted by atomic mass is 79.9. The lowest BCUT2D eigenvalue weighted by Gasteiger charge is -2.29. The van der Waals surface area contributed by atoms with Gasteiger partial charge in [0.2, 0.25) is 0 Å². The number of hydrogen-bond acceptors (Lipinski definition) is 4. The largest absolute Gasteiger partial charge is 0.385 e. The summed E-state index contributed by atoms with van der Waals surface area (Å²) in [6.45, 7) is 4.68. The van der Waals surface area contributed by atoms with Gasteiger partial charge in [-0.05, 0) is 50.2 Å². The molecular weight excluding hydrogens is 451 g/mol. The molecular formula is C20H21BrCl2N2O2. The molecule has 1 unspecified atom stereocenters. The van der Waals surface area contributed by atoms with Crippen molar-refractivity contribution < 1.29 is 9.53 Å². The number of methoxy groups -OCH3 is 1. The summed E-state index contributed by atoms with van der Waals surface area (Å²) in [6.07, 6.45) is 0.562. The van der Waals surface area contributed by atoms with Gasteiger partial charge in [0.05, 0.1) is 5.70 Å². The van der Waals surface area contributed by atoms with Crippen molar-refractivity contribution in [2.75, 3.05) is 18.6 Å². The van der Waals surface area contributed by atoms with Gasteiger partial charge in [-0.15, -0.1) is 0 Å².